The zero-order valence-electron chi connectivity index (χ0n) is 20.8. The number of amides is 3. The lowest BCUT2D eigenvalue weighted by atomic mass is 9.98. The van der Waals surface area contributed by atoms with Crippen molar-refractivity contribution >= 4 is 29.1 Å². The highest BCUT2D eigenvalue weighted by molar-refractivity contribution is 6.25. The summed E-state index contributed by atoms with van der Waals surface area (Å²) in [5.74, 6) is -1.53. The number of hydrazone groups is 1. The number of anilines is 1. The monoisotopic (exact) mass is 526 g/mol. The van der Waals surface area contributed by atoms with Crippen LogP contribution in [-0.2, 0) is 14.4 Å². The SMILES string of the molecule is COc1ccc([C@H]2CC(c3ccccc3)=NN2C(=O)CN2N=N[C@@H]3C(=O)N(c4cccc(F)c4)C(=O)[C@H]32)cc1. The number of nitrogens with zero attached hydrogens (tertiary/aromatic N) is 6. The van der Waals surface area contributed by atoms with E-state index in [1.165, 1.54) is 28.2 Å². The third-order valence-corrected chi connectivity index (χ3v) is 7.00. The molecule has 1 fully saturated rings. The normalized spacial score (nSPS) is 21.9. The topological polar surface area (TPSA) is 107 Å². The first-order valence-electron chi connectivity index (χ1n) is 12.3. The summed E-state index contributed by atoms with van der Waals surface area (Å²) < 4.78 is 19.1. The van der Waals surface area contributed by atoms with E-state index >= 15 is 0 Å². The van der Waals surface area contributed by atoms with Gasteiger partial charge in [-0.05, 0) is 41.5 Å². The van der Waals surface area contributed by atoms with Gasteiger partial charge in [-0.25, -0.2) is 14.3 Å². The highest BCUT2D eigenvalue weighted by Gasteiger charge is 2.55. The number of fused-ring (bicyclic) bond motifs is 1. The van der Waals surface area contributed by atoms with Crippen molar-refractivity contribution in [3.05, 3.63) is 95.8 Å². The van der Waals surface area contributed by atoms with Gasteiger partial charge in [-0.2, -0.15) is 10.2 Å². The van der Waals surface area contributed by atoms with E-state index in [0.717, 1.165) is 27.8 Å². The van der Waals surface area contributed by atoms with Crippen LogP contribution in [0.15, 0.2) is 94.3 Å². The molecule has 6 rings (SSSR count). The van der Waals surface area contributed by atoms with Crippen LogP contribution in [0, 0.1) is 5.82 Å². The number of imide groups is 1. The average molecular weight is 527 g/mol. The van der Waals surface area contributed by atoms with Crippen LogP contribution in [0.1, 0.15) is 23.6 Å². The van der Waals surface area contributed by atoms with E-state index in [9.17, 15) is 18.8 Å². The third-order valence-electron chi connectivity index (χ3n) is 7.00. The quantitative estimate of drug-likeness (QED) is 0.457. The first-order valence-corrected chi connectivity index (χ1v) is 12.3. The van der Waals surface area contributed by atoms with Gasteiger partial charge in [0, 0.05) is 6.42 Å². The molecule has 3 amide bonds. The van der Waals surface area contributed by atoms with Crippen molar-refractivity contribution < 1.29 is 23.5 Å². The molecular weight excluding hydrogens is 503 g/mol. The van der Waals surface area contributed by atoms with Gasteiger partial charge in [0.15, 0.2) is 12.1 Å². The summed E-state index contributed by atoms with van der Waals surface area (Å²) in [6, 6.07) is 19.6. The van der Waals surface area contributed by atoms with Crippen LogP contribution >= 0.6 is 0 Å². The number of methoxy groups -OCH3 is 1. The number of carbonyl (C=O) groups excluding carboxylic acids is 3. The molecule has 0 unspecified atom stereocenters. The Labute approximate surface area is 223 Å². The van der Waals surface area contributed by atoms with Crippen LogP contribution in [0.5, 0.6) is 5.75 Å². The van der Waals surface area contributed by atoms with Crippen LogP contribution < -0.4 is 9.64 Å². The second-order valence-electron chi connectivity index (χ2n) is 9.33. The van der Waals surface area contributed by atoms with Gasteiger partial charge >= 0.3 is 0 Å². The van der Waals surface area contributed by atoms with E-state index in [2.05, 4.69) is 15.4 Å². The van der Waals surface area contributed by atoms with Crippen molar-refractivity contribution in [2.24, 2.45) is 15.4 Å². The van der Waals surface area contributed by atoms with Crippen molar-refractivity contribution in [3.63, 3.8) is 0 Å². The van der Waals surface area contributed by atoms with Crippen molar-refractivity contribution in [2.45, 2.75) is 24.5 Å². The molecule has 3 aliphatic heterocycles. The fourth-order valence-corrected chi connectivity index (χ4v) is 5.07. The number of hydrogen-bond donors (Lipinski definition) is 0. The smallest absolute Gasteiger partial charge is 0.264 e. The van der Waals surface area contributed by atoms with Gasteiger partial charge in [-0.15, -0.1) is 0 Å². The first kappa shape index (κ1) is 24.4. The molecular formula is C28H23FN6O4. The predicted molar refractivity (Wildman–Crippen MR) is 138 cm³/mol. The Kier molecular flexibility index (Phi) is 6.10. The Morgan fingerprint density at radius 1 is 1.00 bits per heavy atom. The summed E-state index contributed by atoms with van der Waals surface area (Å²) in [4.78, 5) is 40.8. The molecule has 3 aromatic carbocycles. The number of ether oxygens (including phenoxy) is 1. The fourth-order valence-electron chi connectivity index (χ4n) is 5.07. The van der Waals surface area contributed by atoms with Crippen LogP contribution in [0.25, 0.3) is 0 Å². The second kappa shape index (κ2) is 9.75. The van der Waals surface area contributed by atoms with Gasteiger partial charge in [0.1, 0.15) is 18.1 Å². The molecule has 0 N–H and O–H groups in total. The lowest BCUT2D eigenvalue weighted by Crippen LogP contribution is -2.44. The first-order chi connectivity index (χ1) is 18.9. The van der Waals surface area contributed by atoms with Gasteiger partial charge in [-0.1, -0.05) is 53.8 Å². The molecule has 10 nitrogen and oxygen atoms in total. The Morgan fingerprint density at radius 3 is 2.49 bits per heavy atom. The van der Waals surface area contributed by atoms with Gasteiger partial charge in [0.25, 0.3) is 17.7 Å². The molecule has 0 aromatic heterocycles. The Bertz CT molecular complexity index is 1510. The summed E-state index contributed by atoms with van der Waals surface area (Å²) in [7, 11) is 1.58. The lowest BCUT2D eigenvalue weighted by molar-refractivity contribution is -0.135. The van der Waals surface area contributed by atoms with Gasteiger partial charge in [0.05, 0.1) is 24.6 Å². The maximum atomic E-state index is 13.8. The van der Waals surface area contributed by atoms with E-state index in [4.69, 9.17) is 4.74 Å². The number of halogens is 1. The van der Waals surface area contributed by atoms with Crippen LogP contribution in [-0.4, -0.2) is 59.2 Å². The minimum absolute atomic E-state index is 0.108. The number of hydrogen-bond acceptors (Lipinski definition) is 8. The Balaban J connectivity index is 1.26. The highest BCUT2D eigenvalue weighted by Crippen LogP contribution is 2.36. The van der Waals surface area contributed by atoms with E-state index in [1.54, 1.807) is 7.11 Å². The molecule has 3 atom stereocenters. The lowest BCUT2D eigenvalue weighted by Gasteiger charge is -2.25. The summed E-state index contributed by atoms with van der Waals surface area (Å²) >= 11 is 0. The largest absolute Gasteiger partial charge is 0.497 e. The molecule has 0 bridgehead atoms. The number of benzene rings is 3. The standard InChI is InChI=1S/C28H23FN6O4/c1-39-21-12-10-18(11-13-21)23-15-22(17-6-3-2-4-7-17)31-35(23)24(36)16-33-26-25(30-32-33)27(37)34(28(26)38)20-9-5-8-19(29)14-20/h2-14,23,25-26H,15-16H2,1H3/t23-,25+,26+/m1/s1. The van der Waals surface area contributed by atoms with Crippen molar-refractivity contribution in [1.82, 2.24) is 10.0 Å². The molecule has 3 aromatic rings. The van der Waals surface area contributed by atoms with E-state index in [-0.39, 0.29) is 12.2 Å². The fraction of sp³-hybridized carbons (Fsp3) is 0.214. The van der Waals surface area contributed by atoms with Crippen LogP contribution in [0.3, 0.4) is 0 Å². The number of carbonyl (C=O) groups is 3. The molecule has 0 aliphatic carbocycles. The van der Waals surface area contributed by atoms with Crippen molar-refractivity contribution in [1.29, 1.82) is 0 Å². The summed E-state index contributed by atoms with van der Waals surface area (Å²) in [5, 5.41) is 15.2. The number of rotatable bonds is 6. The van der Waals surface area contributed by atoms with E-state index in [0.29, 0.717) is 12.2 Å². The maximum Gasteiger partial charge on any atom is 0.264 e. The zero-order valence-corrected chi connectivity index (χ0v) is 20.8. The molecule has 11 heteroatoms. The zero-order chi connectivity index (χ0) is 27.1. The molecule has 0 radical (unpaired) electrons. The summed E-state index contributed by atoms with van der Waals surface area (Å²) in [6.45, 7) is -0.321. The third kappa shape index (κ3) is 4.31. The van der Waals surface area contributed by atoms with Gasteiger partial charge in [-0.3, -0.25) is 19.4 Å². The molecule has 3 aliphatic rings. The predicted octanol–water partition coefficient (Wildman–Crippen LogP) is 3.51. The molecule has 1 saturated heterocycles. The molecule has 196 valence electrons. The van der Waals surface area contributed by atoms with Gasteiger partial charge in [0.2, 0.25) is 0 Å². The molecule has 0 spiro atoms. The van der Waals surface area contributed by atoms with Gasteiger partial charge < -0.3 is 4.74 Å². The van der Waals surface area contributed by atoms with E-state index in [1.807, 2.05) is 54.6 Å². The molecule has 0 saturated carbocycles. The summed E-state index contributed by atoms with van der Waals surface area (Å²) in [5.41, 5.74) is 2.62. The average Bonchev–Trinajstić information content (AvgIpc) is 3.65. The van der Waals surface area contributed by atoms with Crippen LogP contribution in [0.4, 0.5) is 10.1 Å². The minimum atomic E-state index is -1.10. The van der Waals surface area contributed by atoms with Crippen molar-refractivity contribution in [3.8, 4) is 5.75 Å². The second-order valence-corrected chi connectivity index (χ2v) is 9.33. The van der Waals surface area contributed by atoms with E-state index < -0.39 is 41.7 Å². The maximum absolute atomic E-state index is 13.8. The minimum Gasteiger partial charge on any atom is -0.497 e. The molecule has 3 heterocycles. The highest BCUT2D eigenvalue weighted by atomic mass is 19.1. The summed E-state index contributed by atoms with van der Waals surface area (Å²) in [6.07, 6.45) is 0.487. The van der Waals surface area contributed by atoms with Crippen LogP contribution in [0.2, 0.25) is 0 Å². The van der Waals surface area contributed by atoms with Crippen molar-refractivity contribution in [2.75, 3.05) is 18.6 Å². The Morgan fingerprint density at radius 2 is 1.77 bits per heavy atom. The molecule has 39 heavy (non-hydrogen) atoms. The Hall–Kier alpha value is -4.93.